The van der Waals surface area contributed by atoms with Gasteiger partial charge < -0.3 is 19.9 Å². The third-order valence-corrected chi connectivity index (χ3v) is 5.33. The van der Waals surface area contributed by atoms with Gasteiger partial charge >= 0.3 is 0 Å². The Morgan fingerprint density at radius 1 is 0.939 bits per heavy atom. The zero-order chi connectivity index (χ0) is 24.3. The van der Waals surface area contributed by atoms with Crippen LogP contribution in [-0.2, 0) is 25.5 Å². The standard InChI is InChI=1S/C25H23NO7/c1-13-18(22(30)24(33-4)23(32-3)21(13)29)11-15-5-10-20(28)19(12-15)25(31)26-17-8-6-16(7-9-17)14(2)27/h5-10,12,28H,11H2,1-4H3,(H,26,31). The van der Waals surface area contributed by atoms with Crippen LogP contribution in [-0.4, -0.2) is 42.6 Å². The van der Waals surface area contributed by atoms with Crippen molar-refractivity contribution < 1.29 is 33.8 Å². The molecule has 0 unspecified atom stereocenters. The van der Waals surface area contributed by atoms with Gasteiger partial charge in [-0.25, -0.2) is 0 Å². The van der Waals surface area contributed by atoms with Gasteiger partial charge in [0.2, 0.25) is 23.1 Å². The minimum absolute atomic E-state index is 0.00364. The Morgan fingerprint density at radius 3 is 2.12 bits per heavy atom. The van der Waals surface area contributed by atoms with E-state index in [4.69, 9.17) is 9.47 Å². The number of carbonyl (C=O) groups is 4. The summed E-state index contributed by atoms with van der Waals surface area (Å²) in [6.45, 7) is 2.97. The predicted molar refractivity (Wildman–Crippen MR) is 120 cm³/mol. The summed E-state index contributed by atoms with van der Waals surface area (Å²) in [5, 5.41) is 12.9. The fourth-order valence-electron chi connectivity index (χ4n) is 3.47. The lowest BCUT2D eigenvalue weighted by Crippen LogP contribution is -2.26. The van der Waals surface area contributed by atoms with E-state index in [-0.39, 0.29) is 46.2 Å². The molecule has 0 fully saturated rings. The Hall–Kier alpha value is -4.20. The van der Waals surface area contributed by atoms with Gasteiger partial charge in [-0.05, 0) is 55.8 Å². The van der Waals surface area contributed by atoms with Crippen LogP contribution in [0.25, 0.3) is 0 Å². The van der Waals surface area contributed by atoms with Crippen LogP contribution in [0.2, 0.25) is 0 Å². The second-order valence-electron chi connectivity index (χ2n) is 7.44. The second-order valence-corrected chi connectivity index (χ2v) is 7.44. The third-order valence-electron chi connectivity index (χ3n) is 5.33. The van der Waals surface area contributed by atoms with E-state index in [2.05, 4.69) is 5.32 Å². The molecule has 1 amide bonds. The summed E-state index contributed by atoms with van der Waals surface area (Å²) in [5.74, 6) is -2.15. The van der Waals surface area contributed by atoms with Crippen LogP contribution in [0.5, 0.6) is 5.75 Å². The van der Waals surface area contributed by atoms with Gasteiger partial charge in [0, 0.05) is 28.8 Å². The molecule has 0 bridgehead atoms. The largest absolute Gasteiger partial charge is 0.507 e. The number of ketones is 3. The van der Waals surface area contributed by atoms with Gasteiger partial charge in [-0.3, -0.25) is 19.2 Å². The summed E-state index contributed by atoms with van der Waals surface area (Å²) < 4.78 is 10.1. The van der Waals surface area contributed by atoms with Gasteiger partial charge in [0.15, 0.2) is 5.78 Å². The summed E-state index contributed by atoms with van der Waals surface area (Å²) >= 11 is 0. The molecule has 2 N–H and O–H groups in total. The van der Waals surface area contributed by atoms with Crippen molar-refractivity contribution in [2.75, 3.05) is 19.5 Å². The van der Waals surface area contributed by atoms with Crippen LogP contribution < -0.4 is 5.32 Å². The topological polar surface area (TPSA) is 119 Å². The first kappa shape index (κ1) is 23.5. The van der Waals surface area contributed by atoms with Crippen molar-refractivity contribution in [1.29, 1.82) is 0 Å². The molecule has 0 aromatic heterocycles. The van der Waals surface area contributed by atoms with E-state index in [1.165, 1.54) is 40.2 Å². The van der Waals surface area contributed by atoms with E-state index in [9.17, 15) is 24.3 Å². The van der Waals surface area contributed by atoms with Crippen LogP contribution in [0.4, 0.5) is 5.69 Å². The van der Waals surface area contributed by atoms with E-state index in [0.29, 0.717) is 16.8 Å². The number of anilines is 1. The fraction of sp³-hybridized carbons (Fsp3) is 0.200. The SMILES string of the molecule is COC1=C(OC)C(=O)C(Cc2ccc(O)c(C(=O)Nc3ccc(C(C)=O)cc3)c2)=C(C)C1=O. The van der Waals surface area contributed by atoms with Gasteiger partial charge in [-0.2, -0.15) is 0 Å². The molecular formula is C25H23NO7. The van der Waals surface area contributed by atoms with Crippen LogP contribution >= 0.6 is 0 Å². The maximum atomic E-state index is 12.9. The van der Waals surface area contributed by atoms with E-state index in [1.54, 1.807) is 30.3 Å². The minimum atomic E-state index is -0.569. The first-order chi connectivity index (χ1) is 15.7. The van der Waals surface area contributed by atoms with Crippen molar-refractivity contribution in [2.24, 2.45) is 0 Å². The molecule has 0 radical (unpaired) electrons. The molecule has 0 heterocycles. The second kappa shape index (κ2) is 9.52. The number of benzene rings is 2. The van der Waals surface area contributed by atoms with Crippen LogP contribution in [0, 0.1) is 0 Å². The van der Waals surface area contributed by atoms with E-state index in [0.717, 1.165) is 0 Å². The Balaban J connectivity index is 1.86. The van der Waals surface area contributed by atoms with E-state index < -0.39 is 17.5 Å². The first-order valence-corrected chi connectivity index (χ1v) is 10.0. The monoisotopic (exact) mass is 449 g/mol. The van der Waals surface area contributed by atoms with Gasteiger partial charge in [0.1, 0.15) is 5.75 Å². The van der Waals surface area contributed by atoms with Crippen LogP contribution in [0.1, 0.15) is 40.1 Å². The number of rotatable bonds is 7. The number of Topliss-reactive ketones (excluding diaryl/α,β-unsaturated/α-hetero) is 3. The van der Waals surface area contributed by atoms with Crippen molar-refractivity contribution in [3.63, 3.8) is 0 Å². The molecule has 2 aromatic carbocycles. The highest BCUT2D eigenvalue weighted by Crippen LogP contribution is 2.29. The van der Waals surface area contributed by atoms with Crippen LogP contribution in [0.15, 0.2) is 65.1 Å². The lowest BCUT2D eigenvalue weighted by atomic mass is 9.88. The Morgan fingerprint density at radius 2 is 1.55 bits per heavy atom. The maximum absolute atomic E-state index is 12.9. The molecule has 2 aromatic rings. The van der Waals surface area contributed by atoms with Gasteiger partial charge in [0.05, 0.1) is 19.8 Å². The molecule has 1 aliphatic rings. The summed E-state index contributed by atoms with van der Waals surface area (Å²) in [6.07, 6.45) is 0.0497. The number of methoxy groups -OCH3 is 2. The predicted octanol–water partition coefficient (Wildman–Crippen LogP) is 3.36. The summed E-state index contributed by atoms with van der Waals surface area (Å²) in [5.41, 5.74) is 1.93. The number of allylic oxidation sites excluding steroid dienone is 2. The number of phenols is 1. The molecule has 8 nitrogen and oxygen atoms in total. The van der Waals surface area contributed by atoms with Crippen molar-refractivity contribution in [3.05, 3.63) is 81.8 Å². The lowest BCUT2D eigenvalue weighted by molar-refractivity contribution is -0.121. The number of amides is 1. The van der Waals surface area contributed by atoms with Crippen molar-refractivity contribution in [1.82, 2.24) is 0 Å². The number of aromatic hydroxyl groups is 1. The number of hydrogen-bond donors (Lipinski definition) is 2. The molecule has 0 atom stereocenters. The maximum Gasteiger partial charge on any atom is 0.259 e. The van der Waals surface area contributed by atoms with E-state index >= 15 is 0 Å². The molecular weight excluding hydrogens is 426 g/mol. The number of phenolic OH excluding ortho intramolecular Hbond substituents is 1. The summed E-state index contributed by atoms with van der Waals surface area (Å²) in [4.78, 5) is 49.6. The average molecular weight is 449 g/mol. The summed E-state index contributed by atoms with van der Waals surface area (Å²) in [6, 6.07) is 10.7. The molecule has 0 spiro atoms. The molecule has 0 saturated heterocycles. The molecule has 0 aliphatic heterocycles. The van der Waals surface area contributed by atoms with Gasteiger partial charge in [-0.15, -0.1) is 0 Å². The summed E-state index contributed by atoms with van der Waals surface area (Å²) in [7, 11) is 2.57. The highest BCUT2D eigenvalue weighted by atomic mass is 16.5. The lowest BCUT2D eigenvalue weighted by Gasteiger charge is -2.20. The minimum Gasteiger partial charge on any atom is -0.507 e. The Labute approximate surface area is 190 Å². The normalized spacial score (nSPS) is 13.8. The Bertz CT molecular complexity index is 1220. The zero-order valence-corrected chi connectivity index (χ0v) is 18.6. The molecule has 8 heteroatoms. The van der Waals surface area contributed by atoms with Gasteiger partial charge in [-0.1, -0.05) is 6.07 Å². The average Bonchev–Trinajstić information content (AvgIpc) is 2.80. The Kier molecular flexibility index (Phi) is 6.77. The number of nitrogens with one attached hydrogen (secondary N) is 1. The number of ether oxygens (including phenoxy) is 2. The smallest absolute Gasteiger partial charge is 0.259 e. The quantitative estimate of drug-likeness (QED) is 0.491. The molecule has 0 saturated carbocycles. The molecule has 170 valence electrons. The van der Waals surface area contributed by atoms with Crippen molar-refractivity contribution in [2.45, 2.75) is 20.3 Å². The first-order valence-electron chi connectivity index (χ1n) is 10.0. The molecule has 33 heavy (non-hydrogen) atoms. The fourth-order valence-corrected chi connectivity index (χ4v) is 3.47. The number of carbonyl (C=O) groups excluding carboxylic acids is 4. The van der Waals surface area contributed by atoms with Crippen LogP contribution in [0.3, 0.4) is 0 Å². The van der Waals surface area contributed by atoms with Crippen molar-refractivity contribution in [3.8, 4) is 5.75 Å². The molecule has 1 aliphatic carbocycles. The third kappa shape index (κ3) is 4.69. The van der Waals surface area contributed by atoms with Crippen molar-refractivity contribution >= 4 is 28.9 Å². The zero-order valence-electron chi connectivity index (χ0n) is 18.6. The highest BCUT2D eigenvalue weighted by Gasteiger charge is 2.34. The number of hydrogen-bond acceptors (Lipinski definition) is 7. The van der Waals surface area contributed by atoms with Gasteiger partial charge in [0.25, 0.3) is 5.91 Å². The van der Waals surface area contributed by atoms with E-state index in [1.807, 2.05) is 0 Å². The highest BCUT2D eigenvalue weighted by molar-refractivity contribution is 6.23. The molecule has 3 rings (SSSR count).